The molecule has 0 radical (unpaired) electrons. The monoisotopic (exact) mass is 613 g/mol. The highest BCUT2D eigenvalue weighted by Gasteiger charge is 2.42. The van der Waals surface area contributed by atoms with Gasteiger partial charge in [0.05, 0.1) is 34.3 Å². The van der Waals surface area contributed by atoms with Crippen LogP contribution < -0.4 is 15.4 Å². The zero-order chi connectivity index (χ0) is 31.9. The molecule has 0 amide bonds. The zero-order valence-electron chi connectivity index (χ0n) is 26.5. The molecule has 5 rings (SSSR count). The molecule has 2 unspecified atom stereocenters. The molecule has 2 aliphatic heterocycles. The molecule has 0 bridgehead atoms. The molecule has 44 heavy (non-hydrogen) atoms. The van der Waals surface area contributed by atoms with E-state index in [2.05, 4.69) is 74.6 Å². The Morgan fingerprint density at radius 1 is 1.16 bits per heavy atom. The van der Waals surface area contributed by atoms with Crippen molar-refractivity contribution in [2.45, 2.75) is 63.5 Å². The summed E-state index contributed by atoms with van der Waals surface area (Å²) in [7, 11) is -0.140. The first-order chi connectivity index (χ1) is 20.7. The van der Waals surface area contributed by atoms with Crippen molar-refractivity contribution in [3.63, 3.8) is 0 Å². The van der Waals surface area contributed by atoms with Gasteiger partial charge in [-0.2, -0.15) is 10.5 Å². The molecule has 230 valence electrons. The van der Waals surface area contributed by atoms with Crippen molar-refractivity contribution < 1.29 is 13.6 Å². The number of halogens is 1. The topological polar surface area (TPSA) is 119 Å². The molecule has 2 N–H and O–H groups in total. The molecule has 3 heterocycles. The van der Waals surface area contributed by atoms with Gasteiger partial charge in [-0.15, -0.1) is 0 Å². The number of nitriles is 2. The summed E-state index contributed by atoms with van der Waals surface area (Å²) in [6, 6.07) is 15.1. The highest BCUT2D eigenvalue weighted by atomic mass is 28.4. The smallest absolute Gasteiger partial charge is 0.227 e. The molecule has 3 atom stereocenters. The number of ether oxygens (including phenoxy) is 1. The van der Waals surface area contributed by atoms with Crippen LogP contribution in [0.2, 0.25) is 18.1 Å². The fourth-order valence-electron chi connectivity index (χ4n) is 5.29. The van der Waals surface area contributed by atoms with Gasteiger partial charge in [-0.1, -0.05) is 27.7 Å². The number of aromatic nitrogens is 2. The summed E-state index contributed by atoms with van der Waals surface area (Å²) in [5.41, 5.74) is 4.37. The first-order valence-electron chi connectivity index (χ1n) is 14.8. The molecule has 0 saturated carbocycles. The number of nitrogens with one attached hydrogen (secondary N) is 2. The SMILES string of the molecule is CN1CC(F)C(Oc2ccc(C#N)cc2Nc2nccc(-c3cc(C#N)c4c(c3)[C@@](C)(CO[Si](C)(C)C(C)(C)C)CN4)n2)C1. The summed E-state index contributed by atoms with van der Waals surface area (Å²) < 4.78 is 27.2. The summed E-state index contributed by atoms with van der Waals surface area (Å²) >= 11 is 0. The average Bonchev–Trinajstić information content (AvgIpc) is 3.49. The molecule has 1 saturated heterocycles. The van der Waals surface area contributed by atoms with Crippen LogP contribution in [0.3, 0.4) is 0 Å². The lowest BCUT2D eigenvalue weighted by molar-refractivity contribution is 0.140. The second-order valence-corrected chi connectivity index (χ2v) is 18.4. The van der Waals surface area contributed by atoms with E-state index < -0.39 is 20.6 Å². The van der Waals surface area contributed by atoms with Gasteiger partial charge >= 0.3 is 0 Å². The van der Waals surface area contributed by atoms with E-state index in [4.69, 9.17) is 14.1 Å². The van der Waals surface area contributed by atoms with Crippen LogP contribution in [0.5, 0.6) is 5.75 Å². The highest BCUT2D eigenvalue weighted by molar-refractivity contribution is 6.74. The van der Waals surface area contributed by atoms with Gasteiger partial charge in [0, 0.05) is 43.4 Å². The molecular weight excluding hydrogens is 573 g/mol. The maximum absolute atomic E-state index is 14.5. The van der Waals surface area contributed by atoms with Gasteiger partial charge in [0.25, 0.3) is 0 Å². The van der Waals surface area contributed by atoms with Gasteiger partial charge in [0.15, 0.2) is 14.5 Å². The Balaban J connectivity index is 1.45. The molecular formula is C33H40FN7O2Si. The van der Waals surface area contributed by atoms with Crippen molar-refractivity contribution in [1.82, 2.24) is 14.9 Å². The maximum Gasteiger partial charge on any atom is 0.227 e. The van der Waals surface area contributed by atoms with Crippen LogP contribution in [0.1, 0.15) is 44.4 Å². The lowest BCUT2D eigenvalue weighted by Crippen LogP contribution is -2.45. The van der Waals surface area contributed by atoms with Crippen LogP contribution in [0.15, 0.2) is 42.6 Å². The number of nitrogens with zero attached hydrogens (tertiary/aromatic N) is 5. The number of rotatable bonds is 8. The lowest BCUT2D eigenvalue weighted by atomic mass is 9.83. The normalized spacial score (nSPS) is 21.7. The lowest BCUT2D eigenvalue weighted by Gasteiger charge is -2.39. The molecule has 11 heteroatoms. The summed E-state index contributed by atoms with van der Waals surface area (Å²) in [5.74, 6) is 0.692. The molecule has 0 aliphatic carbocycles. The van der Waals surface area contributed by atoms with E-state index in [0.29, 0.717) is 54.5 Å². The number of alkyl halides is 1. The van der Waals surface area contributed by atoms with Gasteiger partial charge in [0.2, 0.25) is 5.95 Å². The van der Waals surface area contributed by atoms with Crippen molar-refractivity contribution in [2.24, 2.45) is 0 Å². The van der Waals surface area contributed by atoms with Gasteiger partial charge < -0.3 is 19.8 Å². The maximum atomic E-state index is 14.5. The Morgan fingerprint density at radius 2 is 1.93 bits per heavy atom. The highest BCUT2D eigenvalue weighted by Crippen LogP contribution is 2.44. The van der Waals surface area contributed by atoms with E-state index in [9.17, 15) is 14.9 Å². The van der Waals surface area contributed by atoms with E-state index >= 15 is 0 Å². The predicted molar refractivity (Wildman–Crippen MR) is 172 cm³/mol. The number of fused-ring (bicyclic) bond motifs is 1. The number of anilines is 3. The molecule has 0 spiro atoms. The Morgan fingerprint density at radius 3 is 2.59 bits per heavy atom. The predicted octanol–water partition coefficient (Wildman–Crippen LogP) is 6.37. The van der Waals surface area contributed by atoms with Crippen LogP contribution >= 0.6 is 0 Å². The summed E-state index contributed by atoms with van der Waals surface area (Å²) in [6.45, 7) is 15.3. The minimum absolute atomic E-state index is 0.0843. The van der Waals surface area contributed by atoms with Gasteiger partial charge in [0.1, 0.15) is 17.9 Å². The number of benzene rings is 2. The van der Waals surface area contributed by atoms with Crippen molar-refractivity contribution >= 4 is 25.6 Å². The molecule has 1 aromatic heterocycles. The van der Waals surface area contributed by atoms with Crippen LogP contribution in [0, 0.1) is 22.7 Å². The van der Waals surface area contributed by atoms with Crippen LogP contribution in [-0.4, -0.2) is 68.7 Å². The Labute approximate surface area is 260 Å². The minimum Gasteiger partial charge on any atom is -0.484 e. The second kappa shape index (κ2) is 11.8. The van der Waals surface area contributed by atoms with E-state index in [1.54, 1.807) is 30.5 Å². The Bertz CT molecular complexity index is 1640. The van der Waals surface area contributed by atoms with E-state index in [1.165, 1.54) is 0 Å². The molecule has 1 fully saturated rings. The van der Waals surface area contributed by atoms with Crippen LogP contribution in [0.4, 0.5) is 21.7 Å². The molecule has 9 nitrogen and oxygen atoms in total. The molecule has 3 aromatic rings. The standard InChI is InChI=1S/C33H40FN7O2Si/c1-32(2,3)44(6,7)42-20-33(4)19-38-30-23(16-36)13-22(14-24(30)33)26-10-11-37-31(39-26)40-27-12-21(15-35)8-9-28(27)43-29-18-41(5)17-25(29)34/h8-14,25,29,38H,17-20H2,1-7H3,(H,37,39,40)/t25?,29?,33-/m1/s1. The Hall–Kier alpha value is -4.03. The third-order valence-corrected chi connectivity index (χ3v) is 13.6. The molecule has 2 aliphatic rings. The first kappa shape index (κ1) is 31.4. The first-order valence-corrected chi connectivity index (χ1v) is 17.7. The quantitative estimate of drug-likeness (QED) is 0.280. The number of likely N-dealkylation sites (tertiary alicyclic amines) is 1. The summed E-state index contributed by atoms with van der Waals surface area (Å²) in [6.07, 6.45) is -0.107. The number of hydrogen-bond acceptors (Lipinski definition) is 9. The van der Waals surface area contributed by atoms with Crippen LogP contribution in [0.25, 0.3) is 11.3 Å². The van der Waals surface area contributed by atoms with E-state index in [0.717, 1.165) is 16.8 Å². The fourth-order valence-corrected chi connectivity index (χ4v) is 6.41. The number of hydrogen-bond donors (Lipinski definition) is 2. The fraction of sp³-hybridized carbons (Fsp3) is 0.455. The second-order valence-electron chi connectivity index (χ2n) is 13.6. The third-order valence-electron chi connectivity index (χ3n) is 9.09. The zero-order valence-corrected chi connectivity index (χ0v) is 27.5. The number of likely N-dealkylation sites (N-methyl/N-ethyl adjacent to an activating group) is 1. The van der Waals surface area contributed by atoms with Crippen LogP contribution in [-0.2, 0) is 9.84 Å². The minimum atomic E-state index is -1.99. The largest absolute Gasteiger partial charge is 0.484 e. The van der Waals surface area contributed by atoms with E-state index in [-0.39, 0.29) is 16.4 Å². The van der Waals surface area contributed by atoms with Crippen molar-refractivity contribution in [3.8, 4) is 29.1 Å². The van der Waals surface area contributed by atoms with Gasteiger partial charge in [-0.25, -0.2) is 14.4 Å². The van der Waals surface area contributed by atoms with Crippen molar-refractivity contribution in [2.75, 3.05) is 43.9 Å². The average molecular weight is 614 g/mol. The van der Waals surface area contributed by atoms with Gasteiger partial charge in [-0.3, -0.25) is 4.90 Å². The summed E-state index contributed by atoms with van der Waals surface area (Å²) in [5, 5.41) is 26.3. The summed E-state index contributed by atoms with van der Waals surface area (Å²) in [4.78, 5) is 11.0. The molecule has 2 aromatic carbocycles. The van der Waals surface area contributed by atoms with Crippen molar-refractivity contribution in [3.05, 3.63) is 59.3 Å². The van der Waals surface area contributed by atoms with Gasteiger partial charge in [-0.05, 0) is 67.1 Å². The Kier molecular flexibility index (Phi) is 8.43. The van der Waals surface area contributed by atoms with Crippen molar-refractivity contribution in [1.29, 1.82) is 10.5 Å². The third kappa shape index (κ3) is 6.27. The van der Waals surface area contributed by atoms with E-state index in [1.807, 2.05) is 18.0 Å².